The zero-order chi connectivity index (χ0) is 15.0. The molecule has 1 aromatic carbocycles. The van der Waals surface area contributed by atoms with Gasteiger partial charge in [0.15, 0.2) is 0 Å². The van der Waals surface area contributed by atoms with Crippen molar-refractivity contribution in [2.75, 3.05) is 13.2 Å². The first-order chi connectivity index (χ1) is 9.52. The molecule has 0 atom stereocenters. The van der Waals surface area contributed by atoms with Crippen LogP contribution in [0.3, 0.4) is 0 Å². The predicted octanol–water partition coefficient (Wildman–Crippen LogP) is 2.02. The first-order valence-electron chi connectivity index (χ1n) is 6.41. The van der Waals surface area contributed by atoms with Crippen LogP contribution in [0.4, 0.5) is 9.18 Å². The van der Waals surface area contributed by atoms with Crippen molar-refractivity contribution in [3.05, 3.63) is 35.1 Å². The first kappa shape index (κ1) is 16.0. The van der Waals surface area contributed by atoms with E-state index in [-0.39, 0.29) is 19.0 Å². The van der Waals surface area contributed by atoms with Gasteiger partial charge >= 0.3 is 6.09 Å². The summed E-state index contributed by atoms with van der Waals surface area (Å²) in [5.74, 6) is 5.37. The van der Waals surface area contributed by atoms with E-state index in [0.29, 0.717) is 17.7 Å². The quantitative estimate of drug-likeness (QED) is 0.828. The van der Waals surface area contributed by atoms with Gasteiger partial charge in [-0.15, -0.1) is 0 Å². The van der Waals surface area contributed by atoms with E-state index in [1.54, 1.807) is 12.1 Å². The normalized spacial score (nSPS) is 9.85. The standard InChI is InChI=1S/C15H19FN2O2/c1-11(2)10-20-15(19)18-9-13-8-12(4-3-7-17)5-6-14(13)16/h5-6,8,11H,7,9-10,17H2,1-2H3,(H,18,19). The lowest BCUT2D eigenvalue weighted by Gasteiger charge is -2.09. The van der Waals surface area contributed by atoms with Crippen molar-refractivity contribution in [2.24, 2.45) is 11.7 Å². The Labute approximate surface area is 118 Å². The number of carbonyl (C=O) groups is 1. The fourth-order valence-electron chi connectivity index (χ4n) is 1.40. The number of nitrogens with one attached hydrogen (secondary N) is 1. The Hall–Kier alpha value is -2.06. The Morgan fingerprint density at radius 1 is 1.50 bits per heavy atom. The van der Waals surface area contributed by atoms with Gasteiger partial charge in [-0.1, -0.05) is 25.7 Å². The third-order valence-corrected chi connectivity index (χ3v) is 2.35. The topological polar surface area (TPSA) is 64.3 Å². The Kier molecular flexibility index (Phi) is 6.54. The summed E-state index contributed by atoms with van der Waals surface area (Å²) in [6.07, 6.45) is -0.559. The molecule has 0 heterocycles. The molecule has 1 aromatic rings. The van der Waals surface area contributed by atoms with E-state index in [4.69, 9.17) is 10.5 Å². The van der Waals surface area contributed by atoms with E-state index in [1.807, 2.05) is 13.8 Å². The molecule has 0 unspecified atom stereocenters. The van der Waals surface area contributed by atoms with E-state index >= 15 is 0 Å². The Morgan fingerprint density at radius 3 is 2.90 bits per heavy atom. The average molecular weight is 278 g/mol. The second-order valence-corrected chi connectivity index (χ2v) is 4.66. The lowest BCUT2D eigenvalue weighted by Crippen LogP contribution is -2.25. The van der Waals surface area contributed by atoms with Gasteiger partial charge in [-0.2, -0.15) is 0 Å². The predicted molar refractivity (Wildman–Crippen MR) is 75.4 cm³/mol. The van der Waals surface area contributed by atoms with Crippen molar-refractivity contribution in [2.45, 2.75) is 20.4 Å². The highest BCUT2D eigenvalue weighted by Gasteiger charge is 2.07. The first-order valence-corrected chi connectivity index (χ1v) is 6.41. The fraction of sp³-hybridized carbons (Fsp3) is 0.400. The minimum absolute atomic E-state index is 0.0565. The summed E-state index contributed by atoms with van der Waals surface area (Å²) in [6, 6.07) is 4.47. The fourth-order valence-corrected chi connectivity index (χ4v) is 1.40. The molecule has 1 amide bonds. The molecule has 0 spiro atoms. The van der Waals surface area contributed by atoms with Gasteiger partial charge in [0.1, 0.15) is 5.82 Å². The summed E-state index contributed by atoms with van der Waals surface area (Å²) < 4.78 is 18.5. The summed E-state index contributed by atoms with van der Waals surface area (Å²) in [5, 5.41) is 2.50. The molecule has 0 aliphatic heterocycles. The van der Waals surface area contributed by atoms with Crippen LogP contribution < -0.4 is 11.1 Å². The Morgan fingerprint density at radius 2 is 2.25 bits per heavy atom. The minimum Gasteiger partial charge on any atom is -0.449 e. The lowest BCUT2D eigenvalue weighted by molar-refractivity contribution is 0.132. The van der Waals surface area contributed by atoms with Crippen LogP contribution >= 0.6 is 0 Å². The highest BCUT2D eigenvalue weighted by atomic mass is 19.1. The molecular weight excluding hydrogens is 259 g/mol. The zero-order valence-electron chi connectivity index (χ0n) is 11.7. The van der Waals surface area contributed by atoms with Crippen LogP contribution in [0.15, 0.2) is 18.2 Å². The van der Waals surface area contributed by atoms with Gasteiger partial charge in [0.05, 0.1) is 13.2 Å². The smallest absolute Gasteiger partial charge is 0.407 e. The molecule has 108 valence electrons. The largest absolute Gasteiger partial charge is 0.449 e. The molecule has 20 heavy (non-hydrogen) atoms. The number of hydrogen-bond acceptors (Lipinski definition) is 3. The van der Waals surface area contributed by atoms with Crippen molar-refractivity contribution in [1.29, 1.82) is 0 Å². The molecule has 3 N–H and O–H groups in total. The number of hydrogen-bond donors (Lipinski definition) is 2. The summed E-state index contributed by atoms with van der Waals surface area (Å²) >= 11 is 0. The molecule has 0 aliphatic carbocycles. The van der Waals surface area contributed by atoms with Crippen LogP contribution in [0.25, 0.3) is 0 Å². The van der Waals surface area contributed by atoms with Crippen molar-refractivity contribution < 1.29 is 13.9 Å². The van der Waals surface area contributed by atoms with E-state index in [9.17, 15) is 9.18 Å². The van der Waals surface area contributed by atoms with Crippen LogP contribution in [0, 0.1) is 23.6 Å². The van der Waals surface area contributed by atoms with Gasteiger partial charge in [0, 0.05) is 17.7 Å². The van der Waals surface area contributed by atoms with Crippen LogP contribution in [-0.4, -0.2) is 19.2 Å². The van der Waals surface area contributed by atoms with Gasteiger partial charge in [0.25, 0.3) is 0 Å². The SMILES string of the molecule is CC(C)COC(=O)NCc1cc(C#CCN)ccc1F. The van der Waals surface area contributed by atoms with Crippen molar-refractivity contribution in [1.82, 2.24) is 5.32 Å². The third kappa shape index (κ3) is 5.72. The third-order valence-electron chi connectivity index (χ3n) is 2.35. The zero-order valence-corrected chi connectivity index (χ0v) is 11.7. The molecule has 0 aromatic heterocycles. The van der Waals surface area contributed by atoms with Gasteiger partial charge in [0.2, 0.25) is 0 Å². The van der Waals surface area contributed by atoms with Gasteiger partial charge in [-0.3, -0.25) is 0 Å². The van der Waals surface area contributed by atoms with Crippen LogP contribution in [0.1, 0.15) is 25.0 Å². The number of ether oxygens (including phenoxy) is 1. The van der Waals surface area contributed by atoms with Crippen molar-refractivity contribution in [3.8, 4) is 11.8 Å². The molecule has 0 saturated heterocycles. The lowest BCUT2D eigenvalue weighted by atomic mass is 10.1. The Bertz CT molecular complexity index is 518. The summed E-state index contributed by atoms with van der Waals surface area (Å²) in [6.45, 7) is 4.50. The number of nitrogens with two attached hydrogens (primary N) is 1. The number of carbonyl (C=O) groups excluding carboxylic acids is 1. The van der Waals surface area contributed by atoms with Crippen LogP contribution in [0.5, 0.6) is 0 Å². The molecule has 5 heteroatoms. The monoisotopic (exact) mass is 278 g/mol. The highest BCUT2D eigenvalue weighted by molar-refractivity contribution is 5.67. The molecule has 0 fully saturated rings. The van der Waals surface area contributed by atoms with Gasteiger partial charge < -0.3 is 15.8 Å². The van der Waals surface area contributed by atoms with E-state index in [2.05, 4.69) is 17.2 Å². The second kappa shape index (κ2) is 8.18. The molecule has 0 radical (unpaired) electrons. The molecular formula is C15H19FN2O2. The second-order valence-electron chi connectivity index (χ2n) is 4.66. The molecule has 4 nitrogen and oxygen atoms in total. The summed E-state index contributed by atoms with van der Waals surface area (Å²) in [7, 11) is 0. The number of halogens is 1. The van der Waals surface area contributed by atoms with E-state index < -0.39 is 11.9 Å². The summed E-state index contributed by atoms with van der Waals surface area (Å²) in [4.78, 5) is 11.4. The van der Waals surface area contributed by atoms with Gasteiger partial charge in [-0.05, 0) is 24.1 Å². The minimum atomic E-state index is -0.559. The number of benzene rings is 1. The average Bonchev–Trinajstić information content (AvgIpc) is 2.42. The van der Waals surface area contributed by atoms with E-state index in [0.717, 1.165) is 0 Å². The molecule has 0 bridgehead atoms. The number of amides is 1. The maximum Gasteiger partial charge on any atom is 0.407 e. The Balaban J connectivity index is 2.60. The molecule has 0 saturated carbocycles. The molecule has 0 aliphatic rings. The maximum atomic E-state index is 13.6. The van der Waals surface area contributed by atoms with Crippen LogP contribution in [0.2, 0.25) is 0 Å². The van der Waals surface area contributed by atoms with Crippen molar-refractivity contribution in [3.63, 3.8) is 0 Å². The number of rotatable bonds is 4. The van der Waals surface area contributed by atoms with E-state index in [1.165, 1.54) is 6.07 Å². The maximum absolute atomic E-state index is 13.6. The summed E-state index contributed by atoms with van der Waals surface area (Å²) in [5.41, 5.74) is 6.29. The van der Waals surface area contributed by atoms with Crippen LogP contribution in [-0.2, 0) is 11.3 Å². The number of alkyl carbamates (subject to hydrolysis) is 1. The highest BCUT2D eigenvalue weighted by Crippen LogP contribution is 2.10. The molecule has 1 rings (SSSR count). The van der Waals surface area contributed by atoms with Gasteiger partial charge in [-0.25, -0.2) is 9.18 Å². The van der Waals surface area contributed by atoms with Crippen molar-refractivity contribution >= 4 is 6.09 Å².